The maximum atomic E-state index is 13.8. The Morgan fingerprint density at radius 3 is 2.31 bits per heavy atom. The summed E-state index contributed by atoms with van der Waals surface area (Å²) in [5.74, 6) is 0.00626. The first kappa shape index (κ1) is 18.0. The number of anilines is 2. The minimum Gasteiger partial charge on any atom is -0.496 e. The zero-order valence-corrected chi connectivity index (χ0v) is 15.0. The van der Waals surface area contributed by atoms with Crippen molar-refractivity contribution >= 4 is 17.3 Å². The summed E-state index contributed by atoms with van der Waals surface area (Å²) in [6, 6.07) is 9.61. The van der Waals surface area contributed by atoms with Crippen molar-refractivity contribution in [1.82, 2.24) is 0 Å². The molecule has 1 amide bonds. The van der Waals surface area contributed by atoms with Crippen LogP contribution in [0.25, 0.3) is 0 Å². The summed E-state index contributed by atoms with van der Waals surface area (Å²) in [6.45, 7) is 1.79. The summed E-state index contributed by atoms with van der Waals surface area (Å²) in [5, 5.41) is 2.83. The molecule has 0 unspecified atom stereocenters. The van der Waals surface area contributed by atoms with Gasteiger partial charge in [0, 0.05) is 13.1 Å². The topological polar surface area (TPSA) is 50.8 Å². The molecular weight excluding hydrogens is 335 g/mol. The Morgan fingerprint density at radius 2 is 1.69 bits per heavy atom. The molecule has 2 aromatic rings. The van der Waals surface area contributed by atoms with Crippen LogP contribution in [0.5, 0.6) is 11.5 Å². The van der Waals surface area contributed by atoms with Gasteiger partial charge in [0.1, 0.15) is 22.9 Å². The molecule has 1 aliphatic heterocycles. The lowest BCUT2D eigenvalue weighted by Gasteiger charge is -2.30. The first-order valence-corrected chi connectivity index (χ1v) is 8.71. The third-order valence-corrected chi connectivity index (χ3v) is 4.56. The van der Waals surface area contributed by atoms with E-state index in [1.807, 2.05) is 0 Å². The molecule has 1 saturated heterocycles. The number of carbonyl (C=O) groups excluding carboxylic acids is 1. The van der Waals surface area contributed by atoms with Crippen LogP contribution >= 0.6 is 0 Å². The first-order valence-electron chi connectivity index (χ1n) is 8.71. The largest absolute Gasteiger partial charge is 0.496 e. The summed E-state index contributed by atoms with van der Waals surface area (Å²) in [7, 11) is 2.99. The highest BCUT2D eigenvalue weighted by Gasteiger charge is 2.21. The average molecular weight is 358 g/mol. The number of nitrogens with one attached hydrogen (secondary N) is 1. The normalized spacial score (nSPS) is 14.0. The molecule has 0 aliphatic carbocycles. The van der Waals surface area contributed by atoms with Gasteiger partial charge in [0.2, 0.25) is 0 Å². The molecule has 1 fully saturated rings. The first-order chi connectivity index (χ1) is 12.6. The van der Waals surface area contributed by atoms with Crippen LogP contribution < -0.4 is 19.7 Å². The minimum atomic E-state index is -0.400. The molecule has 138 valence electrons. The van der Waals surface area contributed by atoms with Gasteiger partial charge in [-0.25, -0.2) is 4.39 Å². The van der Waals surface area contributed by atoms with Gasteiger partial charge in [-0.1, -0.05) is 6.07 Å². The highest BCUT2D eigenvalue weighted by Crippen LogP contribution is 2.33. The number of benzene rings is 2. The number of nitrogens with zero attached hydrogens (tertiary/aromatic N) is 1. The smallest absolute Gasteiger partial charge is 0.263 e. The van der Waals surface area contributed by atoms with Crippen molar-refractivity contribution in [3.8, 4) is 11.5 Å². The van der Waals surface area contributed by atoms with Crippen LogP contribution in [0.15, 0.2) is 36.4 Å². The second-order valence-corrected chi connectivity index (χ2v) is 6.20. The molecule has 0 radical (unpaired) electrons. The zero-order chi connectivity index (χ0) is 18.5. The SMILES string of the molecule is COc1cccc(OC)c1C(=O)Nc1cc(F)ccc1N1CCCCC1. The van der Waals surface area contributed by atoms with Gasteiger partial charge >= 0.3 is 0 Å². The Kier molecular flexibility index (Phi) is 5.61. The highest BCUT2D eigenvalue weighted by atomic mass is 19.1. The van der Waals surface area contributed by atoms with Crippen LogP contribution in [-0.4, -0.2) is 33.2 Å². The van der Waals surface area contributed by atoms with Crippen molar-refractivity contribution in [2.75, 3.05) is 37.5 Å². The Labute approximate surface area is 152 Å². The van der Waals surface area contributed by atoms with E-state index in [4.69, 9.17) is 9.47 Å². The van der Waals surface area contributed by atoms with E-state index in [1.54, 1.807) is 24.3 Å². The Balaban J connectivity index is 1.94. The molecule has 6 heteroatoms. The zero-order valence-electron chi connectivity index (χ0n) is 15.0. The molecule has 0 bridgehead atoms. The van der Waals surface area contributed by atoms with Gasteiger partial charge in [-0.2, -0.15) is 0 Å². The molecule has 2 aromatic carbocycles. The molecule has 3 rings (SSSR count). The van der Waals surface area contributed by atoms with Crippen molar-refractivity contribution < 1.29 is 18.7 Å². The summed E-state index contributed by atoms with van der Waals surface area (Å²) < 4.78 is 24.4. The van der Waals surface area contributed by atoms with E-state index in [2.05, 4.69) is 10.2 Å². The quantitative estimate of drug-likeness (QED) is 0.875. The van der Waals surface area contributed by atoms with Gasteiger partial charge in [0.25, 0.3) is 5.91 Å². The summed E-state index contributed by atoms with van der Waals surface area (Å²) in [5.41, 5.74) is 1.56. The summed E-state index contributed by atoms with van der Waals surface area (Å²) in [6.07, 6.45) is 3.37. The van der Waals surface area contributed by atoms with Crippen molar-refractivity contribution in [3.63, 3.8) is 0 Å². The van der Waals surface area contributed by atoms with Gasteiger partial charge in [-0.15, -0.1) is 0 Å². The maximum Gasteiger partial charge on any atom is 0.263 e. The fourth-order valence-electron chi connectivity index (χ4n) is 3.28. The second-order valence-electron chi connectivity index (χ2n) is 6.20. The average Bonchev–Trinajstić information content (AvgIpc) is 2.68. The number of piperidine rings is 1. The lowest BCUT2D eigenvalue weighted by molar-refractivity contribution is 0.102. The van der Waals surface area contributed by atoms with Crippen LogP contribution in [0, 0.1) is 5.82 Å². The number of hydrogen-bond donors (Lipinski definition) is 1. The fraction of sp³-hybridized carbons (Fsp3) is 0.350. The third-order valence-electron chi connectivity index (χ3n) is 4.56. The van der Waals surface area contributed by atoms with Gasteiger partial charge < -0.3 is 19.7 Å². The van der Waals surface area contributed by atoms with Crippen molar-refractivity contribution in [2.24, 2.45) is 0 Å². The lowest BCUT2D eigenvalue weighted by Crippen LogP contribution is -2.30. The van der Waals surface area contributed by atoms with Crippen LogP contribution in [0.4, 0.5) is 15.8 Å². The molecule has 0 saturated carbocycles. The van der Waals surface area contributed by atoms with Crippen molar-refractivity contribution in [2.45, 2.75) is 19.3 Å². The predicted octanol–water partition coefficient (Wildman–Crippen LogP) is 4.09. The maximum absolute atomic E-state index is 13.8. The second kappa shape index (κ2) is 8.08. The highest BCUT2D eigenvalue weighted by molar-refractivity contribution is 6.09. The van der Waals surface area contributed by atoms with Gasteiger partial charge in [-0.05, 0) is 49.6 Å². The lowest BCUT2D eigenvalue weighted by atomic mass is 10.1. The number of rotatable bonds is 5. The number of hydrogen-bond acceptors (Lipinski definition) is 4. The Bertz CT molecular complexity index is 766. The van der Waals surface area contributed by atoms with E-state index in [1.165, 1.54) is 32.8 Å². The molecule has 1 N–H and O–H groups in total. The van der Waals surface area contributed by atoms with Crippen LogP contribution in [-0.2, 0) is 0 Å². The summed E-state index contributed by atoms with van der Waals surface area (Å²) >= 11 is 0. The minimum absolute atomic E-state index is 0.284. The van der Waals surface area contributed by atoms with Crippen molar-refractivity contribution in [1.29, 1.82) is 0 Å². The molecule has 1 aliphatic rings. The number of carbonyl (C=O) groups is 1. The fourth-order valence-corrected chi connectivity index (χ4v) is 3.28. The molecule has 5 nitrogen and oxygen atoms in total. The third kappa shape index (κ3) is 3.74. The summed E-state index contributed by atoms with van der Waals surface area (Å²) in [4.78, 5) is 15.1. The number of methoxy groups -OCH3 is 2. The predicted molar refractivity (Wildman–Crippen MR) is 100.0 cm³/mol. The van der Waals surface area contributed by atoms with E-state index >= 15 is 0 Å². The van der Waals surface area contributed by atoms with E-state index in [0.717, 1.165) is 31.6 Å². The van der Waals surface area contributed by atoms with E-state index in [9.17, 15) is 9.18 Å². The molecule has 0 atom stereocenters. The molecule has 26 heavy (non-hydrogen) atoms. The van der Waals surface area contributed by atoms with Crippen LogP contribution in [0.2, 0.25) is 0 Å². The Morgan fingerprint density at radius 1 is 1.04 bits per heavy atom. The Hall–Kier alpha value is -2.76. The standard InChI is InChI=1S/C20H23FN2O3/c1-25-17-7-6-8-18(26-2)19(17)20(24)22-15-13-14(21)9-10-16(15)23-11-4-3-5-12-23/h6-10,13H,3-5,11-12H2,1-2H3,(H,22,24). The van der Waals surface area contributed by atoms with Gasteiger partial charge in [0.05, 0.1) is 25.6 Å². The van der Waals surface area contributed by atoms with E-state index in [-0.39, 0.29) is 5.56 Å². The van der Waals surface area contributed by atoms with Crippen LogP contribution in [0.1, 0.15) is 29.6 Å². The molecule has 1 heterocycles. The molecule has 0 spiro atoms. The number of amides is 1. The number of ether oxygens (including phenoxy) is 2. The molecule has 0 aromatic heterocycles. The van der Waals surface area contributed by atoms with Crippen molar-refractivity contribution in [3.05, 3.63) is 47.8 Å². The van der Waals surface area contributed by atoms with E-state index < -0.39 is 11.7 Å². The van der Waals surface area contributed by atoms with Gasteiger partial charge in [-0.3, -0.25) is 4.79 Å². The van der Waals surface area contributed by atoms with Crippen LogP contribution in [0.3, 0.4) is 0 Å². The molecular formula is C20H23FN2O3. The monoisotopic (exact) mass is 358 g/mol. The van der Waals surface area contributed by atoms with Gasteiger partial charge in [0.15, 0.2) is 0 Å². The number of halogens is 1. The van der Waals surface area contributed by atoms with E-state index in [0.29, 0.717) is 17.2 Å².